The number of piperidine rings is 1. The van der Waals surface area contributed by atoms with Crippen LogP contribution >= 0.6 is 0 Å². The maximum atomic E-state index is 12.3. The minimum absolute atomic E-state index is 0.128. The first-order chi connectivity index (χ1) is 9.78. The predicted octanol–water partition coefficient (Wildman–Crippen LogP) is 2.29. The van der Waals surface area contributed by atoms with Crippen LogP contribution in [0.1, 0.15) is 61.3 Å². The normalized spacial score (nSPS) is 22.1. The van der Waals surface area contributed by atoms with Crippen molar-refractivity contribution >= 4 is 5.91 Å². The molecule has 124 valence electrons. The molecule has 0 aliphatic carbocycles. The van der Waals surface area contributed by atoms with Gasteiger partial charge in [0.05, 0.1) is 0 Å². The fraction of sp³-hybridized carbons (Fsp3) is 0.765. The van der Waals surface area contributed by atoms with E-state index in [2.05, 4.69) is 37.9 Å². The van der Waals surface area contributed by atoms with Crippen LogP contribution in [0.15, 0.2) is 11.8 Å². The van der Waals surface area contributed by atoms with Gasteiger partial charge in [-0.25, -0.2) is 0 Å². The monoisotopic (exact) mass is 306 g/mol. The Bertz CT molecular complexity index is 488. The van der Waals surface area contributed by atoms with Gasteiger partial charge in [-0.1, -0.05) is 0 Å². The van der Waals surface area contributed by atoms with Gasteiger partial charge in [0.15, 0.2) is 0 Å². The van der Waals surface area contributed by atoms with E-state index in [1.54, 1.807) is 6.20 Å². The third-order valence-corrected chi connectivity index (χ3v) is 3.94. The van der Waals surface area contributed by atoms with Gasteiger partial charge < -0.3 is 16.0 Å². The molecule has 0 bridgehead atoms. The maximum absolute atomic E-state index is 12.3. The Balaban J connectivity index is 3.15. The highest BCUT2D eigenvalue weighted by Crippen LogP contribution is 2.38. The molecular weight excluding hydrogens is 276 g/mol. The van der Waals surface area contributed by atoms with E-state index in [0.717, 1.165) is 12.8 Å². The van der Waals surface area contributed by atoms with Gasteiger partial charge in [-0.05, 0) is 61.3 Å². The van der Waals surface area contributed by atoms with E-state index in [1.165, 1.54) is 0 Å². The molecule has 0 saturated carbocycles. The highest BCUT2D eigenvalue weighted by molar-refractivity contribution is 5.97. The van der Waals surface area contributed by atoms with Crippen LogP contribution in [-0.2, 0) is 4.79 Å². The van der Waals surface area contributed by atoms with Crippen LogP contribution in [0.3, 0.4) is 0 Å². The van der Waals surface area contributed by atoms with Crippen LogP contribution in [0.25, 0.3) is 0 Å². The molecular formula is C17H30N4O. The number of hydrogen-bond donors (Lipinski definition) is 2. The highest BCUT2D eigenvalue weighted by Gasteiger charge is 2.43. The molecule has 1 amide bonds. The molecule has 1 aliphatic rings. The van der Waals surface area contributed by atoms with Gasteiger partial charge in [0.1, 0.15) is 11.6 Å². The summed E-state index contributed by atoms with van der Waals surface area (Å²) in [5.41, 5.74) is 5.52. The molecule has 1 rings (SSSR count). The summed E-state index contributed by atoms with van der Waals surface area (Å²) < 4.78 is 0. The summed E-state index contributed by atoms with van der Waals surface area (Å²) in [7, 11) is 0. The number of carbonyl (C=O) groups excluding carboxylic acids is 1. The van der Waals surface area contributed by atoms with Crippen LogP contribution in [0.4, 0.5) is 0 Å². The molecule has 1 heterocycles. The number of likely N-dealkylation sites (tertiary alicyclic amines) is 1. The number of amides is 1. The van der Waals surface area contributed by atoms with Crippen molar-refractivity contribution in [3.63, 3.8) is 0 Å². The Morgan fingerprint density at radius 2 is 1.73 bits per heavy atom. The second-order valence-electron chi connectivity index (χ2n) is 8.52. The number of nitrogens with one attached hydrogen (secondary N) is 1. The van der Waals surface area contributed by atoms with E-state index >= 15 is 0 Å². The lowest BCUT2D eigenvalue weighted by Gasteiger charge is -2.54. The van der Waals surface area contributed by atoms with Crippen molar-refractivity contribution in [2.75, 3.05) is 0 Å². The van der Waals surface area contributed by atoms with E-state index in [4.69, 9.17) is 5.73 Å². The van der Waals surface area contributed by atoms with Gasteiger partial charge in [0.2, 0.25) is 0 Å². The predicted molar refractivity (Wildman–Crippen MR) is 88.8 cm³/mol. The molecule has 1 saturated heterocycles. The molecule has 1 aliphatic heterocycles. The first kappa shape index (κ1) is 18.5. The smallest absolute Gasteiger partial charge is 0.263 e. The number of hydrogen-bond acceptors (Lipinski definition) is 4. The Hall–Kier alpha value is -1.54. The zero-order chi connectivity index (χ0) is 17.3. The molecule has 0 unspecified atom stereocenters. The van der Waals surface area contributed by atoms with Gasteiger partial charge >= 0.3 is 0 Å². The Kier molecular flexibility index (Phi) is 4.98. The van der Waals surface area contributed by atoms with Crippen molar-refractivity contribution in [1.82, 2.24) is 10.2 Å². The molecule has 22 heavy (non-hydrogen) atoms. The molecule has 0 aromatic carbocycles. The fourth-order valence-electron chi connectivity index (χ4n) is 3.40. The summed E-state index contributed by atoms with van der Waals surface area (Å²) >= 11 is 0. The van der Waals surface area contributed by atoms with E-state index in [0.29, 0.717) is 0 Å². The van der Waals surface area contributed by atoms with Crippen LogP contribution in [0.5, 0.6) is 0 Å². The van der Waals surface area contributed by atoms with Gasteiger partial charge in [0, 0.05) is 28.9 Å². The zero-order valence-electron chi connectivity index (χ0n) is 14.9. The van der Waals surface area contributed by atoms with Crippen molar-refractivity contribution < 1.29 is 4.79 Å². The van der Waals surface area contributed by atoms with E-state index in [-0.39, 0.29) is 34.1 Å². The van der Waals surface area contributed by atoms with Crippen molar-refractivity contribution in [3.8, 4) is 6.07 Å². The van der Waals surface area contributed by atoms with Crippen LogP contribution in [0.2, 0.25) is 0 Å². The Morgan fingerprint density at radius 1 is 1.27 bits per heavy atom. The average Bonchev–Trinajstić information content (AvgIpc) is 2.22. The van der Waals surface area contributed by atoms with Crippen LogP contribution < -0.4 is 11.1 Å². The highest BCUT2D eigenvalue weighted by atomic mass is 16.1. The summed E-state index contributed by atoms with van der Waals surface area (Å²) in [4.78, 5) is 14.4. The van der Waals surface area contributed by atoms with Gasteiger partial charge in [-0.15, -0.1) is 0 Å². The summed E-state index contributed by atoms with van der Waals surface area (Å²) in [6.07, 6.45) is 3.35. The molecule has 0 radical (unpaired) electrons. The van der Waals surface area contributed by atoms with Gasteiger partial charge in [-0.3, -0.25) is 4.79 Å². The minimum atomic E-state index is -0.373. The van der Waals surface area contributed by atoms with Gasteiger partial charge in [0.25, 0.3) is 5.91 Å². The van der Waals surface area contributed by atoms with Gasteiger partial charge in [-0.2, -0.15) is 5.26 Å². The third kappa shape index (κ3) is 4.48. The van der Waals surface area contributed by atoms with Crippen molar-refractivity contribution in [2.24, 2.45) is 5.73 Å². The first-order valence-corrected chi connectivity index (χ1v) is 7.78. The lowest BCUT2D eigenvalue weighted by molar-refractivity contribution is -0.118. The molecule has 0 atom stereocenters. The van der Waals surface area contributed by atoms with Crippen molar-refractivity contribution in [1.29, 1.82) is 5.26 Å². The third-order valence-electron chi connectivity index (χ3n) is 3.94. The number of nitrogens with zero attached hydrogens (tertiary/aromatic N) is 2. The average molecular weight is 306 g/mol. The summed E-state index contributed by atoms with van der Waals surface area (Å²) in [6, 6.07) is 2.16. The molecule has 1 fully saturated rings. The molecule has 3 N–H and O–H groups in total. The largest absolute Gasteiger partial charge is 0.366 e. The van der Waals surface area contributed by atoms with E-state index < -0.39 is 0 Å². The maximum Gasteiger partial charge on any atom is 0.263 e. The number of carbonyl (C=O) groups is 1. The van der Waals surface area contributed by atoms with Crippen molar-refractivity contribution in [3.05, 3.63) is 11.8 Å². The second kappa shape index (κ2) is 5.92. The standard InChI is InChI=1S/C17H30N4O/c1-15(2,3)20-14(22)12(10-18)11-21-16(4,5)8-13(19)9-17(21,6)7/h11,13H,8-9,19H2,1-7H3,(H,20,22)/b12-11-. The molecule has 0 aromatic rings. The quantitative estimate of drug-likeness (QED) is 0.606. The topological polar surface area (TPSA) is 82.2 Å². The summed E-state index contributed by atoms with van der Waals surface area (Å²) in [6.45, 7) is 14.1. The minimum Gasteiger partial charge on any atom is -0.366 e. The second-order valence-corrected chi connectivity index (χ2v) is 8.52. The number of nitrogens with two attached hydrogens (primary N) is 1. The number of nitriles is 1. The lowest BCUT2D eigenvalue weighted by atomic mass is 9.77. The summed E-state index contributed by atoms with van der Waals surface area (Å²) in [5, 5.41) is 12.2. The Morgan fingerprint density at radius 3 is 2.09 bits per heavy atom. The van der Waals surface area contributed by atoms with E-state index in [9.17, 15) is 10.1 Å². The first-order valence-electron chi connectivity index (χ1n) is 7.78. The Labute approximate surface area is 134 Å². The lowest BCUT2D eigenvalue weighted by Crippen LogP contribution is -2.61. The zero-order valence-corrected chi connectivity index (χ0v) is 14.9. The SMILES string of the molecule is CC(C)(C)NC(=O)/C(C#N)=C\N1C(C)(C)CC(N)CC1(C)C. The van der Waals surface area contributed by atoms with E-state index in [1.807, 2.05) is 26.8 Å². The summed E-state index contributed by atoms with van der Waals surface area (Å²) in [5.74, 6) is -0.337. The van der Waals surface area contributed by atoms with Crippen molar-refractivity contribution in [2.45, 2.75) is 84.0 Å². The molecule has 0 aromatic heterocycles. The molecule has 0 spiro atoms. The van der Waals surface area contributed by atoms with Crippen LogP contribution in [-0.4, -0.2) is 33.5 Å². The fourth-order valence-corrected chi connectivity index (χ4v) is 3.40. The molecule has 5 heteroatoms. The van der Waals surface area contributed by atoms with Crippen LogP contribution in [0, 0.1) is 11.3 Å². The molecule has 5 nitrogen and oxygen atoms in total. The number of rotatable bonds is 2.